The molecule has 0 fully saturated rings. The van der Waals surface area contributed by atoms with Gasteiger partial charge in [0.25, 0.3) is 0 Å². The molecule has 1 aliphatic rings. The maximum Gasteiger partial charge on any atom is 0.120 e. The van der Waals surface area contributed by atoms with Crippen LogP contribution in [0.25, 0.3) is 32.7 Å². The van der Waals surface area contributed by atoms with E-state index >= 15 is 0 Å². The Balaban J connectivity index is 1.31. The van der Waals surface area contributed by atoms with Crippen LogP contribution < -0.4 is 9.47 Å². The molecule has 0 aliphatic heterocycles. The molecule has 0 aromatic heterocycles. The van der Waals surface area contributed by atoms with Crippen LogP contribution in [-0.2, 0) is 5.41 Å². The molecule has 0 amide bonds. The van der Waals surface area contributed by atoms with Gasteiger partial charge >= 0.3 is 0 Å². The molecule has 4 heteroatoms. The molecule has 274 valence electrons. The minimum absolute atomic E-state index is 0.0451. The first-order valence-corrected chi connectivity index (χ1v) is 19.1. The fourth-order valence-electron chi connectivity index (χ4n) is 8.02. The quantitative estimate of drug-likeness (QED) is 0.153. The van der Waals surface area contributed by atoms with Crippen molar-refractivity contribution in [3.8, 4) is 46.3 Å². The average Bonchev–Trinajstić information content (AvgIpc) is 3.56. The Labute approximate surface area is 332 Å². The lowest BCUT2D eigenvalue weighted by atomic mass is 9.66. The number of hydrogen-bond donors (Lipinski definition) is 2. The summed E-state index contributed by atoms with van der Waals surface area (Å²) in [5.41, 5.74) is 9.85. The maximum absolute atomic E-state index is 9.37. The topological polar surface area (TPSA) is 58.9 Å². The van der Waals surface area contributed by atoms with Crippen LogP contribution in [0.1, 0.15) is 44.5 Å². The summed E-state index contributed by atoms with van der Waals surface area (Å²) in [4.78, 5) is 0. The summed E-state index contributed by atoms with van der Waals surface area (Å²) in [5, 5.41) is 23.0. The van der Waals surface area contributed by atoms with Gasteiger partial charge in [-0.2, -0.15) is 0 Å². The normalized spacial score (nSPS) is 12.2. The van der Waals surface area contributed by atoms with Crippen molar-refractivity contribution in [2.24, 2.45) is 0 Å². The summed E-state index contributed by atoms with van der Waals surface area (Å²) in [5.74, 6) is 15.2. The van der Waals surface area contributed by atoms with Gasteiger partial charge < -0.3 is 19.7 Å². The highest BCUT2D eigenvalue weighted by atomic mass is 16.5. The van der Waals surface area contributed by atoms with E-state index in [2.05, 4.69) is 109 Å². The summed E-state index contributed by atoms with van der Waals surface area (Å²) >= 11 is 0. The molecule has 8 aromatic rings. The summed E-state index contributed by atoms with van der Waals surface area (Å²) in [6.45, 7) is 0.386. The van der Waals surface area contributed by atoms with Crippen molar-refractivity contribution in [1.82, 2.24) is 0 Å². The molecule has 4 nitrogen and oxygen atoms in total. The van der Waals surface area contributed by atoms with Gasteiger partial charge in [-0.1, -0.05) is 109 Å². The third-order valence-electron chi connectivity index (χ3n) is 10.6. The van der Waals surface area contributed by atoms with E-state index in [9.17, 15) is 10.2 Å². The molecule has 0 atom stereocenters. The van der Waals surface area contributed by atoms with Gasteiger partial charge in [-0.3, -0.25) is 0 Å². The molecule has 57 heavy (non-hydrogen) atoms. The van der Waals surface area contributed by atoms with Gasteiger partial charge in [-0.25, -0.2) is 0 Å². The Morgan fingerprint density at radius 1 is 0.386 bits per heavy atom. The zero-order valence-corrected chi connectivity index (χ0v) is 31.2. The van der Waals surface area contributed by atoms with E-state index in [1.165, 1.54) is 0 Å². The molecule has 1 aliphatic carbocycles. The molecule has 0 heterocycles. The number of benzene rings is 8. The lowest BCUT2D eigenvalue weighted by molar-refractivity contribution is 0.201. The van der Waals surface area contributed by atoms with E-state index in [-0.39, 0.29) is 26.4 Å². The lowest BCUT2D eigenvalue weighted by Crippen LogP contribution is -2.29. The van der Waals surface area contributed by atoms with Gasteiger partial charge in [0, 0.05) is 22.3 Å². The number of aliphatic hydroxyl groups excluding tert-OH is 2. The van der Waals surface area contributed by atoms with Crippen LogP contribution in [0, 0.1) is 23.7 Å². The second kappa shape index (κ2) is 15.6. The summed E-state index contributed by atoms with van der Waals surface area (Å²) in [6, 6.07) is 59.0. The molecule has 0 unspecified atom stereocenters. The zero-order chi connectivity index (χ0) is 38.6. The van der Waals surface area contributed by atoms with Crippen LogP contribution in [0.15, 0.2) is 170 Å². The van der Waals surface area contributed by atoms with Crippen molar-refractivity contribution in [3.63, 3.8) is 0 Å². The number of aliphatic hydroxyl groups is 2. The van der Waals surface area contributed by atoms with E-state index in [0.29, 0.717) is 0 Å². The predicted octanol–water partition coefficient (Wildman–Crippen LogP) is 9.90. The Hall–Kier alpha value is -7.08. The van der Waals surface area contributed by atoms with Gasteiger partial charge in [0.1, 0.15) is 24.7 Å². The van der Waals surface area contributed by atoms with Crippen molar-refractivity contribution in [1.29, 1.82) is 0 Å². The number of fused-ring (bicyclic) bond motifs is 5. The maximum atomic E-state index is 9.37. The second-order valence-electron chi connectivity index (χ2n) is 14.1. The first kappa shape index (κ1) is 35.6. The highest BCUT2D eigenvalue weighted by Crippen LogP contribution is 2.57. The van der Waals surface area contributed by atoms with Gasteiger partial charge in [0.2, 0.25) is 0 Å². The minimum Gasteiger partial charge on any atom is -0.491 e. The van der Waals surface area contributed by atoms with Gasteiger partial charge in [0.05, 0.1) is 18.6 Å². The summed E-state index contributed by atoms with van der Waals surface area (Å²) in [7, 11) is 0. The zero-order valence-electron chi connectivity index (χ0n) is 31.2. The fraction of sp³-hybridized carbons (Fsp3) is 0.0943. The average molecular weight is 739 g/mol. The molecule has 0 saturated carbocycles. The van der Waals surface area contributed by atoms with Crippen molar-refractivity contribution < 1.29 is 19.7 Å². The number of rotatable bonds is 8. The summed E-state index contributed by atoms with van der Waals surface area (Å²) < 4.78 is 11.6. The van der Waals surface area contributed by atoms with Crippen LogP contribution in [-0.4, -0.2) is 36.6 Å². The first-order chi connectivity index (χ1) is 28.1. The monoisotopic (exact) mass is 738 g/mol. The van der Waals surface area contributed by atoms with E-state index in [4.69, 9.17) is 9.47 Å². The van der Waals surface area contributed by atoms with Crippen molar-refractivity contribution >= 4 is 21.5 Å². The van der Waals surface area contributed by atoms with Crippen LogP contribution in [0.3, 0.4) is 0 Å². The van der Waals surface area contributed by atoms with E-state index in [1.54, 1.807) is 0 Å². The Morgan fingerprint density at radius 2 is 0.789 bits per heavy atom. The second-order valence-corrected chi connectivity index (χ2v) is 14.1. The third kappa shape index (κ3) is 6.90. The highest BCUT2D eigenvalue weighted by molar-refractivity contribution is 5.92. The van der Waals surface area contributed by atoms with Crippen LogP contribution in [0.5, 0.6) is 11.5 Å². The fourth-order valence-corrected chi connectivity index (χ4v) is 8.02. The molecule has 8 aromatic carbocycles. The first-order valence-electron chi connectivity index (χ1n) is 19.1. The Morgan fingerprint density at radius 3 is 1.23 bits per heavy atom. The number of hydrogen-bond acceptors (Lipinski definition) is 4. The van der Waals surface area contributed by atoms with Crippen LogP contribution in [0.4, 0.5) is 0 Å². The largest absolute Gasteiger partial charge is 0.491 e. The van der Waals surface area contributed by atoms with Crippen molar-refractivity contribution in [2.75, 3.05) is 26.4 Å². The SMILES string of the molecule is OCCOc1ccc2cc(C3(c4ccc5cc(OCCO)ccc5c4)c4cc(C#Cc5ccccc5)ccc4-c4ccc(C#Cc5ccccc5)cc43)ccc2c1. The third-order valence-corrected chi connectivity index (χ3v) is 10.6. The molecule has 0 radical (unpaired) electrons. The highest BCUT2D eigenvalue weighted by Gasteiger charge is 2.46. The lowest BCUT2D eigenvalue weighted by Gasteiger charge is -2.34. The summed E-state index contributed by atoms with van der Waals surface area (Å²) in [6.07, 6.45) is 0. The van der Waals surface area contributed by atoms with E-state index in [1.807, 2.05) is 84.9 Å². The smallest absolute Gasteiger partial charge is 0.120 e. The van der Waals surface area contributed by atoms with Crippen LogP contribution >= 0.6 is 0 Å². The van der Waals surface area contributed by atoms with Gasteiger partial charge in [0.15, 0.2) is 0 Å². The van der Waals surface area contributed by atoms with E-state index in [0.717, 1.165) is 88.7 Å². The van der Waals surface area contributed by atoms with Crippen molar-refractivity contribution in [2.45, 2.75) is 5.41 Å². The minimum atomic E-state index is -0.750. The Kier molecular flexibility index (Phi) is 9.73. The number of ether oxygens (including phenoxy) is 2. The molecule has 9 rings (SSSR count). The molecule has 0 saturated heterocycles. The molecule has 2 N–H and O–H groups in total. The van der Waals surface area contributed by atoms with Crippen molar-refractivity contribution in [3.05, 3.63) is 214 Å². The Bertz CT molecular complexity index is 2690. The molecular weight excluding hydrogens is 701 g/mol. The van der Waals surface area contributed by atoms with Gasteiger partial charge in [-0.05, 0) is 140 Å². The molecule has 0 bridgehead atoms. The molecular formula is C53H38O4. The van der Waals surface area contributed by atoms with Gasteiger partial charge in [-0.15, -0.1) is 0 Å². The van der Waals surface area contributed by atoms with E-state index < -0.39 is 5.41 Å². The molecule has 0 spiro atoms. The standard InChI is InChI=1S/C53H38O4/c54-27-29-56-47-23-19-41-33-45(21-17-43(41)35-47)53(46-22-18-44-36-48(57-30-28-55)24-20-42(44)34-46)51-31-39(13-11-37-7-3-1-4-8-37)15-25-49(51)50-26-16-40(32-52(50)53)14-12-38-9-5-2-6-10-38/h1-10,15-26,31-36,54-55H,27-30H2. The predicted molar refractivity (Wildman–Crippen MR) is 229 cm³/mol. The van der Waals surface area contributed by atoms with Crippen LogP contribution in [0.2, 0.25) is 0 Å².